The van der Waals surface area contributed by atoms with Gasteiger partial charge in [-0.05, 0) is 48.9 Å². The summed E-state index contributed by atoms with van der Waals surface area (Å²) in [6, 6.07) is 10.0. The van der Waals surface area contributed by atoms with Crippen LogP contribution in [0.1, 0.15) is 12.0 Å². The number of nitrogens with one attached hydrogen (secondary N) is 1. The van der Waals surface area contributed by atoms with E-state index >= 15 is 0 Å². The number of hydrogen-bond donors (Lipinski definition) is 1. The number of sulfone groups is 1. The van der Waals surface area contributed by atoms with Crippen LogP contribution in [0.2, 0.25) is 5.02 Å². The molecule has 0 heterocycles. The van der Waals surface area contributed by atoms with Gasteiger partial charge in [0.15, 0.2) is 9.84 Å². The normalized spacial score (nSPS) is 11.3. The van der Waals surface area contributed by atoms with Crippen LogP contribution >= 0.6 is 11.6 Å². The van der Waals surface area contributed by atoms with E-state index in [-0.39, 0.29) is 17.1 Å². The van der Waals surface area contributed by atoms with E-state index in [1.165, 1.54) is 36.4 Å². The number of rotatable bonds is 5. The molecule has 0 radical (unpaired) electrons. The predicted octanol–water partition coefficient (Wildman–Crippen LogP) is 3.59. The van der Waals surface area contributed by atoms with Gasteiger partial charge in [-0.15, -0.1) is 0 Å². The van der Waals surface area contributed by atoms with Crippen molar-refractivity contribution in [2.75, 3.05) is 11.1 Å². The second-order valence-corrected chi connectivity index (χ2v) is 7.58. The van der Waals surface area contributed by atoms with Crippen molar-refractivity contribution in [3.05, 3.63) is 58.9 Å². The monoisotopic (exact) mass is 355 g/mol. The zero-order chi connectivity index (χ0) is 17.0. The van der Waals surface area contributed by atoms with Gasteiger partial charge in [0.25, 0.3) is 0 Å². The summed E-state index contributed by atoms with van der Waals surface area (Å²) < 4.78 is 37.6. The molecule has 1 amide bonds. The van der Waals surface area contributed by atoms with Gasteiger partial charge in [0.05, 0.1) is 10.6 Å². The van der Waals surface area contributed by atoms with Gasteiger partial charge < -0.3 is 5.32 Å². The number of hydrogen-bond acceptors (Lipinski definition) is 3. The van der Waals surface area contributed by atoms with Crippen molar-refractivity contribution >= 4 is 33.0 Å². The number of amides is 1. The van der Waals surface area contributed by atoms with Crippen LogP contribution in [-0.4, -0.2) is 20.1 Å². The molecule has 0 aliphatic rings. The highest BCUT2D eigenvalue weighted by Gasteiger charge is 2.16. The van der Waals surface area contributed by atoms with E-state index < -0.39 is 21.6 Å². The third-order valence-corrected chi connectivity index (χ3v) is 5.21. The topological polar surface area (TPSA) is 63.2 Å². The Labute approximate surface area is 139 Å². The lowest BCUT2D eigenvalue weighted by Gasteiger charge is -2.07. The van der Waals surface area contributed by atoms with Crippen LogP contribution < -0.4 is 5.32 Å². The summed E-state index contributed by atoms with van der Waals surface area (Å²) in [6.07, 6.45) is -0.222. The van der Waals surface area contributed by atoms with Crippen LogP contribution in [0, 0.1) is 12.7 Å². The number of aryl methyl sites for hydroxylation is 1. The summed E-state index contributed by atoms with van der Waals surface area (Å²) in [5.41, 5.74) is 0.760. The smallest absolute Gasteiger partial charge is 0.225 e. The van der Waals surface area contributed by atoms with Gasteiger partial charge in [0.2, 0.25) is 5.91 Å². The van der Waals surface area contributed by atoms with E-state index in [2.05, 4.69) is 5.32 Å². The Hall–Kier alpha value is -1.92. The molecule has 0 saturated heterocycles. The molecule has 122 valence electrons. The maximum absolute atomic E-state index is 13.4. The average molecular weight is 356 g/mol. The van der Waals surface area contributed by atoms with E-state index in [1.54, 1.807) is 13.0 Å². The second-order valence-electron chi connectivity index (χ2n) is 5.03. The molecule has 0 bridgehead atoms. The lowest BCUT2D eigenvalue weighted by Crippen LogP contribution is -2.17. The first-order valence-electron chi connectivity index (χ1n) is 6.82. The standard InChI is InChI=1S/C16H15ClFNO3S/c1-11-2-5-13(10-15(11)18)19-16(20)8-9-23(21,22)14-6-3-12(17)4-7-14/h2-7,10H,8-9H2,1H3,(H,19,20). The Morgan fingerprint density at radius 3 is 2.43 bits per heavy atom. The van der Waals surface area contributed by atoms with Gasteiger partial charge >= 0.3 is 0 Å². The highest BCUT2D eigenvalue weighted by atomic mass is 35.5. The first-order chi connectivity index (χ1) is 10.8. The minimum absolute atomic E-state index is 0.107. The lowest BCUT2D eigenvalue weighted by molar-refractivity contribution is -0.115. The SMILES string of the molecule is Cc1ccc(NC(=O)CCS(=O)(=O)c2ccc(Cl)cc2)cc1F. The Bertz CT molecular complexity index is 820. The Morgan fingerprint density at radius 2 is 1.83 bits per heavy atom. The van der Waals surface area contributed by atoms with Crippen LogP contribution in [0.5, 0.6) is 0 Å². The molecule has 4 nitrogen and oxygen atoms in total. The van der Waals surface area contributed by atoms with E-state index in [4.69, 9.17) is 11.6 Å². The molecule has 0 aliphatic heterocycles. The molecule has 0 unspecified atom stereocenters. The lowest BCUT2D eigenvalue weighted by atomic mass is 10.2. The molecule has 2 rings (SSSR count). The van der Waals surface area contributed by atoms with Crippen molar-refractivity contribution in [2.45, 2.75) is 18.2 Å². The molecular weight excluding hydrogens is 341 g/mol. The van der Waals surface area contributed by atoms with Gasteiger partial charge in [-0.25, -0.2) is 12.8 Å². The molecule has 2 aromatic carbocycles. The second kappa shape index (κ2) is 7.10. The van der Waals surface area contributed by atoms with Crippen molar-refractivity contribution in [1.82, 2.24) is 0 Å². The number of carbonyl (C=O) groups excluding carboxylic acids is 1. The van der Waals surface area contributed by atoms with Gasteiger partial charge in [-0.3, -0.25) is 4.79 Å². The predicted molar refractivity (Wildman–Crippen MR) is 87.9 cm³/mol. The van der Waals surface area contributed by atoms with Crippen LogP contribution in [0.25, 0.3) is 0 Å². The maximum Gasteiger partial charge on any atom is 0.225 e. The molecule has 0 saturated carbocycles. The van der Waals surface area contributed by atoms with Gasteiger partial charge in [0.1, 0.15) is 5.82 Å². The fourth-order valence-electron chi connectivity index (χ4n) is 1.88. The van der Waals surface area contributed by atoms with E-state index in [0.717, 1.165) is 0 Å². The zero-order valence-corrected chi connectivity index (χ0v) is 13.9. The van der Waals surface area contributed by atoms with E-state index in [1.807, 2.05) is 0 Å². The fourth-order valence-corrected chi connectivity index (χ4v) is 3.25. The van der Waals surface area contributed by atoms with Crippen molar-refractivity contribution in [1.29, 1.82) is 0 Å². The molecular formula is C16H15ClFNO3S. The first kappa shape index (κ1) is 17.4. The molecule has 0 aromatic heterocycles. The Balaban J connectivity index is 1.98. The van der Waals surface area contributed by atoms with Gasteiger partial charge in [-0.1, -0.05) is 17.7 Å². The molecule has 1 N–H and O–H groups in total. The van der Waals surface area contributed by atoms with Crippen LogP contribution in [0.3, 0.4) is 0 Å². The number of benzene rings is 2. The molecule has 7 heteroatoms. The summed E-state index contributed by atoms with van der Waals surface area (Å²) >= 11 is 5.71. The van der Waals surface area contributed by atoms with E-state index in [0.29, 0.717) is 16.3 Å². The third kappa shape index (κ3) is 4.77. The summed E-state index contributed by atoms with van der Waals surface area (Å²) in [4.78, 5) is 11.9. The third-order valence-electron chi connectivity index (χ3n) is 3.23. The molecule has 23 heavy (non-hydrogen) atoms. The van der Waals surface area contributed by atoms with Crippen LogP contribution in [0.4, 0.5) is 10.1 Å². The maximum atomic E-state index is 13.4. The Morgan fingerprint density at radius 1 is 1.17 bits per heavy atom. The minimum Gasteiger partial charge on any atom is -0.326 e. The summed E-state index contributed by atoms with van der Waals surface area (Å²) in [5, 5.41) is 2.91. The summed E-state index contributed by atoms with van der Waals surface area (Å²) in [7, 11) is -3.57. The van der Waals surface area contributed by atoms with Gasteiger partial charge in [-0.2, -0.15) is 0 Å². The van der Waals surface area contributed by atoms with Crippen molar-refractivity contribution < 1.29 is 17.6 Å². The number of halogens is 2. The fraction of sp³-hybridized carbons (Fsp3) is 0.188. The number of carbonyl (C=O) groups is 1. The molecule has 0 fully saturated rings. The number of anilines is 1. The van der Waals surface area contributed by atoms with E-state index in [9.17, 15) is 17.6 Å². The Kier molecular flexibility index (Phi) is 5.38. The molecule has 0 atom stereocenters. The van der Waals surface area contributed by atoms with Crippen LogP contribution in [0.15, 0.2) is 47.4 Å². The summed E-state index contributed by atoms with van der Waals surface area (Å²) in [5.74, 6) is -1.27. The molecule has 0 spiro atoms. The molecule has 2 aromatic rings. The minimum atomic E-state index is -3.57. The quantitative estimate of drug-likeness (QED) is 0.891. The first-order valence-corrected chi connectivity index (χ1v) is 8.85. The van der Waals surface area contributed by atoms with Crippen molar-refractivity contribution in [3.8, 4) is 0 Å². The summed E-state index contributed by atoms with van der Waals surface area (Å²) in [6.45, 7) is 1.61. The highest BCUT2D eigenvalue weighted by Crippen LogP contribution is 2.17. The molecule has 0 aliphatic carbocycles. The van der Waals surface area contributed by atoms with Crippen molar-refractivity contribution in [2.24, 2.45) is 0 Å². The van der Waals surface area contributed by atoms with Crippen LogP contribution in [-0.2, 0) is 14.6 Å². The van der Waals surface area contributed by atoms with Crippen molar-refractivity contribution in [3.63, 3.8) is 0 Å². The van der Waals surface area contributed by atoms with Gasteiger partial charge in [0, 0.05) is 17.1 Å². The average Bonchev–Trinajstić information content (AvgIpc) is 2.50. The zero-order valence-electron chi connectivity index (χ0n) is 12.3. The highest BCUT2D eigenvalue weighted by molar-refractivity contribution is 7.91. The largest absolute Gasteiger partial charge is 0.326 e.